The van der Waals surface area contributed by atoms with Crippen LogP contribution in [0.15, 0.2) is 11.6 Å². The number of ether oxygens (including phenoxy) is 14. The quantitative estimate of drug-likeness (QED) is 0.0365. The van der Waals surface area contributed by atoms with Gasteiger partial charge in [-0.15, -0.1) is 0 Å². The summed E-state index contributed by atoms with van der Waals surface area (Å²) in [5.74, 6) is -2.16. The zero-order valence-electron chi connectivity index (χ0n) is 59.9. The van der Waals surface area contributed by atoms with Gasteiger partial charge in [0.25, 0.3) is 0 Å². The minimum Gasteiger partial charge on any atom is -0.432 e. The van der Waals surface area contributed by atoms with E-state index in [1.54, 1.807) is 6.92 Å². The molecular weight excluding hydrogens is 1400 g/mol. The molecule has 105 heavy (non-hydrogen) atoms. The van der Waals surface area contributed by atoms with Crippen molar-refractivity contribution in [3.8, 4) is 0 Å². The maximum Gasteiger partial charge on any atom is 0.317 e. The van der Waals surface area contributed by atoms with E-state index in [9.17, 15) is 107 Å². The summed E-state index contributed by atoms with van der Waals surface area (Å²) in [6, 6.07) is 0. The van der Waals surface area contributed by atoms with Crippen LogP contribution in [0.4, 0.5) is 0 Å². The third-order valence-corrected chi connectivity index (χ3v) is 26.6. The first kappa shape index (κ1) is 82.3. The van der Waals surface area contributed by atoms with Crippen LogP contribution in [0, 0.1) is 50.2 Å². The second-order valence-electron chi connectivity index (χ2n) is 33.4. The van der Waals surface area contributed by atoms with Crippen molar-refractivity contribution in [1.29, 1.82) is 0 Å². The number of aliphatic hydroxyl groups is 21. The van der Waals surface area contributed by atoms with Crippen LogP contribution in [0.3, 0.4) is 0 Å². The number of aliphatic hydroxyl groups excluding tert-OH is 21. The van der Waals surface area contributed by atoms with Gasteiger partial charge < -0.3 is 174 Å². The van der Waals surface area contributed by atoms with Crippen LogP contribution in [0.1, 0.15) is 107 Å². The largest absolute Gasteiger partial charge is 0.432 e. The van der Waals surface area contributed by atoms with E-state index < -0.39 is 294 Å². The van der Waals surface area contributed by atoms with E-state index in [0.29, 0.717) is 32.1 Å². The predicted molar refractivity (Wildman–Crippen MR) is 344 cm³/mol. The molecule has 0 unspecified atom stereocenters. The molecule has 12 rings (SSSR count). The Hall–Kier alpha value is -2.15. The van der Waals surface area contributed by atoms with Crippen LogP contribution in [-0.4, -0.2) is 368 Å². The Labute approximate surface area is 605 Å². The van der Waals surface area contributed by atoms with Crippen molar-refractivity contribution in [3.63, 3.8) is 0 Å². The standard InChI is InChI=1S/C69H112O36/c1-24-37(78)43(84)54(103-59-46(87)42(83)40(81)32(18-70)97-59)62(95-24)100-51-31(76)22-93-57(48(51)89)99-50-25(2)96-58(47(88)44(50)85)102-53-39(80)30(75)21-94-61(53)105-63(91)69-14-13-64(3,4)15-27(69)26-9-10-35-65(5)16-28(73)55(66(6,23-72)34(65)11-12-67(35,7)68(26,8)17-36(69)77)104-60-49(90)52(41(82)33(19-71)98-60)101-56-45(86)38(79)29(74)20-92-56/h9,24-25,27-62,70-90H,10-23H2,1-8H3/t24-,25-,27-,28-,29-,30-,31-,32-,33-,34-,35-,36-,37-,38+,39+,40-,41-,42+,43+,44-,45-,46-,47-,48-,49-,50-,51+,52+,53-,54-,55+,56+,57+,58+,59+,60+,61+,62+,65+,66+,67+,68+,69+/m0/s1. The number of hydrogen-bond acceptors (Lipinski definition) is 36. The number of allylic oxidation sites excluding steroid dienone is 2. The van der Waals surface area contributed by atoms with Crippen LogP contribution < -0.4 is 0 Å². The van der Waals surface area contributed by atoms with Crippen molar-refractivity contribution in [2.75, 3.05) is 39.6 Å². The zero-order chi connectivity index (χ0) is 76.6. The summed E-state index contributed by atoms with van der Waals surface area (Å²) in [6.45, 7) is 11.3. The van der Waals surface area contributed by atoms with E-state index in [0.717, 1.165) is 5.57 Å². The van der Waals surface area contributed by atoms with Crippen molar-refractivity contribution < 1.29 is 178 Å². The summed E-state index contributed by atoms with van der Waals surface area (Å²) in [4.78, 5) is 15.6. The van der Waals surface area contributed by atoms with Gasteiger partial charge in [-0.1, -0.05) is 53.2 Å². The molecule has 0 radical (unpaired) electrons. The van der Waals surface area contributed by atoms with Crippen LogP contribution in [-0.2, 0) is 71.1 Å². The van der Waals surface area contributed by atoms with Gasteiger partial charge in [-0.25, -0.2) is 0 Å². The number of esters is 1. The Balaban J connectivity index is 0.730. The van der Waals surface area contributed by atoms with Gasteiger partial charge in [-0.3, -0.25) is 4.79 Å². The van der Waals surface area contributed by atoms with E-state index in [4.69, 9.17) is 66.3 Å². The normalized spacial score (nSPS) is 55.9. The van der Waals surface area contributed by atoms with Crippen LogP contribution in [0.2, 0.25) is 0 Å². The Morgan fingerprint density at radius 1 is 0.448 bits per heavy atom. The summed E-state index contributed by atoms with van der Waals surface area (Å²) >= 11 is 0. The maximum absolute atomic E-state index is 15.6. The highest BCUT2D eigenvalue weighted by Crippen LogP contribution is 2.76. The summed E-state index contributed by atoms with van der Waals surface area (Å²) < 4.78 is 82.8. The SMILES string of the molecule is C[C@@H]1O[C@H](O[C@H]2[C@H](O)[C@@H](O[C@@H]3[C@@H](O)[C@H](O)[C@@H](O[C@@H]4[C@@H](OC(=O)[C@]56CCC(C)(C)C[C@H]5C5=CC[C@H]7[C@]8(C)C[C@H](O)[C@@H](O[C@H]9O[C@@H](CO)[C@H](O)[C@@H](O[C@H]%10OC[C@H](O)[C@@H](O)[C@@H]%10O)[C@@H]9O)[C@](C)(CO)[C@H]8CC[C@@]7(C)[C@]5(C)C[C@@H]6O)OC[C@H](O)[C@H]4O)O[C@H]3C)OC[C@@H]2O)[C@@H](O[C@H]2O[C@@H](CO)[C@H](O)[C@@H](O)[C@@H]2O)[C@H](O)[C@H]1O. The summed E-state index contributed by atoms with van der Waals surface area (Å²) in [6.07, 6.45) is -54.6. The zero-order valence-corrected chi connectivity index (χ0v) is 59.9. The van der Waals surface area contributed by atoms with Gasteiger partial charge in [0.1, 0.15) is 140 Å². The lowest BCUT2D eigenvalue weighted by molar-refractivity contribution is -0.390. The van der Waals surface area contributed by atoms with E-state index >= 15 is 4.79 Å². The highest BCUT2D eigenvalue weighted by molar-refractivity contribution is 5.80. The lowest BCUT2D eigenvalue weighted by Crippen LogP contribution is -2.71. The molecule has 43 atom stereocenters. The number of hydrogen-bond donors (Lipinski definition) is 21. The van der Waals surface area contributed by atoms with Gasteiger partial charge >= 0.3 is 5.97 Å². The molecule has 4 saturated carbocycles. The second-order valence-corrected chi connectivity index (χ2v) is 33.4. The molecule has 0 aromatic rings. The molecule has 604 valence electrons. The lowest BCUT2D eigenvalue weighted by atomic mass is 9.33. The molecule has 0 aromatic carbocycles. The summed E-state index contributed by atoms with van der Waals surface area (Å²) in [5, 5.41) is 234. The highest BCUT2D eigenvalue weighted by Gasteiger charge is 2.74. The maximum atomic E-state index is 15.6. The van der Waals surface area contributed by atoms with E-state index in [-0.39, 0.29) is 36.5 Å². The first-order valence-corrected chi connectivity index (χ1v) is 36.7. The molecule has 12 aliphatic rings. The third kappa shape index (κ3) is 14.2. The Morgan fingerprint density at radius 3 is 1.61 bits per heavy atom. The Morgan fingerprint density at radius 2 is 0.962 bits per heavy atom. The molecule has 36 nitrogen and oxygen atoms in total. The van der Waals surface area contributed by atoms with Crippen LogP contribution in [0.25, 0.3) is 0 Å². The second kappa shape index (κ2) is 31.0. The van der Waals surface area contributed by atoms with Gasteiger partial charge in [0.05, 0.1) is 70.2 Å². The summed E-state index contributed by atoms with van der Waals surface area (Å²) in [5.41, 5.74) is -4.57. The van der Waals surface area contributed by atoms with Crippen molar-refractivity contribution in [2.45, 2.75) is 322 Å². The van der Waals surface area contributed by atoms with Crippen molar-refractivity contribution in [2.24, 2.45) is 50.2 Å². The van der Waals surface area contributed by atoms with E-state index in [1.807, 2.05) is 0 Å². The average Bonchev–Trinajstić information content (AvgIpc) is 0.669. The Bertz CT molecular complexity index is 2990. The van der Waals surface area contributed by atoms with E-state index in [2.05, 4.69) is 40.7 Å². The molecule has 0 bridgehead atoms. The molecule has 36 heteroatoms. The molecule has 11 fully saturated rings. The monoisotopic (exact) mass is 1520 g/mol. The molecule has 7 saturated heterocycles. The minimum absolute atomic E-state index is 0.0586. The van der Waals surface area contributed by atoms with Gasteiger partial charge in [-0.05, 0) is 105 Å². The first-order chi connectivity index (χ1) is 49.3. The van der Waals surface area contributed by atoms with Crippen LogP contribution >= 0.6 is 0 Å². The lowest BCUT2D eigenvalue weighted by Gasteiger charge is -2.72. The topological polar surface area (TPSA) is 571 Å². The van der Waals surface area contributed by atoms with Gasteiger partial charge in [0, 0.05) is 5.41 Å². The average molecular weight is 1520 g/mol. The highest BCUT2D eigenvalue weighted by atomic mass is 16.8. The Kier molecular flexibility index (Phi) is 24.3. The minimum atomic E-state index is -2.07. The number of carbonyl (C=O) groups is 1. The smallest absolute Gasteiger partial charge is 0.317 e. The van der Waals surface area contributed by atoms with Gasteiger partial charge in [-0.2, -0.15) is 0 Å². The van der Waals surface area contributed by atoms with Gasteiger partial charge in [0.15, 0.2) is 43.8 Å². The molecule has 21 N–H and O–H groups in total. The first-order valence-electron chi connectivity index (χ1n) is 36.7. The van der Waals surface area contributed by atoms with Crippen molar-refractivity contribution in [3.05, 3.63) is 11.6 Å². The molecular formula is C69H112O36. The van der Waals surface area contributed by atoms with Crippen molar-refractivity contribution >= 4 is 5.97 Å². The van der Waals surface area contributed by atoms with Crippen molar-refractivity contribution in [1.82, 2.24) is 0 Å². The predicted octanol–water partition coefficient (Wildman–Crippen LogP) is -7.68. The summed E-state index contributed by atoms with van der Waals surface area (Å²) in [7, 11) is 0. The molecule has 0 spiro atoms. The molecule has 0 amide bonds. The van der Waals surface area contributed by atoms with Crippen LogP contribution in [0.5, 0.6) is 0 Å². The molecule has 5 aliphatic carbocycles. The van der Waals surface area contributed by atoms with Gasteiger partial charge in [0.2, 0.25) is 6.29 Å². The fraction of sp³-hybridized carbons (Fsp3) is 0.957. The molecule has 0 aromatic heterocycles. The number of carbonyl (C=O) groups excluding carboxylic acids is 1. The molecule has 7 aliphatic heterocycles. The fourth-order valence-electron chi connectivity index (χ4n) is 20.3. The number of rotatable bonds is 17. The number of fused-ring (bicyclic) bond motifs is 7. The van der Waals surface area contributed by atoms with E-state index in [1.165, 1.54) is 13.8 Å². The third-order valence-electron chi connectivity index (χ3n) is 26.6. The molecule has 7 heterocycles. The fourth-order valence-corrected chi connectivity index (χ4v) is 20.3.